The number of aromatic nitrogens is 4. The van der Waals surface area contributed by atoms with E-state index < -0.39 is 0 Å². The Bertz CT molecular complexity index is 983. The molecular formula is C18H19ClN4O2S. The third kappa shape index (κ3) is 4.16. The Kier molecular flexibility index (Phi) is 6.11. The highest BCUT2D eigenvalue weighted by molar-refractivity contribution is 7.98. The molecule has 3 aromatic rings. The van der Waals surface area contributed by atoms with Crippen LogP contribution in [0.1, 0.15) is 31.5 Å². The molecule has 0 N–H and O–H groups in total. The average molecular weight is 391 g/mol. The second kappa shape index (κ2) is 8.51. The lowest BCUT2D eigenvalue weighted by atomic mass is 10.2. The standard InChI is InChI=1S/C18H19ClN4O2S/c1-3-5-6-15-21-16(25-22-15)11-26-18-20-14-10-12(19)7-8-13(14)17(24)23(18)9-4-2/h4,7-8,10H,2-3,5-6,9,11H2,1H3. The van der Waals surface area contributed by atoms with E-state index in [1.54, 1.807) is 28.8 Å². The minimum atomic E-state index is -0.122. The topological polar surface area (TPSA) is 73.8 Å². The van der Waals surface area contributed by atoms with Crippen molar-refractivity contribution in [3.8, 4) is 0 Å². The van der Waals surface area contributed by atoms with Crippen LogP contribution in [0.15, 0.2) is 45.3 Å². The predicted molar refractivity (Wildman–Crippen MR) is 104 cm³/mol. The maximum atomic E-state index is 12.8. The zero-order valence-corrected chi connectivity index (χ0v) is 16.0. The van der Waals surface area contributed by atoms with Gasteiger partial charge in [-0.25, -0.2) is 4.98 Å². The van der Waals surface area contributed by atoms with Crippen LogP contribution in [0.5, 0.6) is 0 Å². The molecule has 1 aromatic carbocycles. The van der Waals surface area contributed by atoms with Crippen molar-refractivity contribution in [3.05, 3.63) is 57.9 Å². The number of aryl methyl sites for hydroxylation is 1. The second-order valence-electron chi connectivity index (χ2n) is 5.76. The largest absolute Gasteiger partial charge is 0.338 e. The SMILES string of the molecule is C=CCn1c(SCc2nc(CCCC)no2)nc2cc(Cl)ccc2c1=O. The van der Waals surface area contributed by atoms with Gasteiger partial charge in [0, 0.05) is 18.0 Å². The first-order valence-corrected chi connectivity index (χ1v) is 9.74. The van der Waals surface area contributed by atoms with Crippen LogP contribution in [0.25, 0.3) is 10.9 Å². The lowest BCUT2D eigenvalue weighted by Gasteiger charge is -2.10. The molecule has 6 nitrogen and oxygen atoms in total. The van der Waals surface area contributed by atoms with Gasteiger partial charge in [-0.2, -0.15) is 4.98 Å². The van der Waals surface area contributed by atoms with E-state index >= 15 is 0 Å². The van der Waals surface area contributed by atoms with Gasteiger partial charge in [-0.15, -0.1) is 6.58 Å². The Morgan fingerprint density at radius 1 is 1.38 bits per heavy atom. The molecule has 0 aliphatic carbocycles. The molecule has 2 aromatic heterocycles. The van der Waals surface area contributed by atoms with Gasteiger partial charge in [0.15, 0.2) is 11.0 Å². The van der Waals surface area contributed by atoms with Crippen molar-refractivity contribution in [2.24, 2.45) is 0 Å². The summed E-state index contributed by atoms with van der Waals surface area (Å²) in [5, 5.41) is 5.62. The van der Waals surface area contributed by atoms with Crippen LogP contribution in [-0.2, 0) is 18.7 Å². The monoisotopic (exact) mass is 390 g/mol. The van der Waals surface area contributed by atoms with Crippen molar-refractivity contribution in [1.82, 2.24) is 19.7 Å². The van der Waals surface area contributed by atoms with E-state index in [0.717, 1.165) is 19.3 Å². The van der Waals surface area contributed by atoms with Crippen LogP contribution >= 0.6 is 23.4 Å². The van der Waals surface area contributed by atoms with Crippen molar-refractivity contribution in [1.29, 1.82) is 0 Å². The van der Waals surface area contributed by atoms with E-state index in [1.807, 2.05) is 0 Å². The van der Waals surface area contributed by atoms with Crippen LogP contribution in [-0.4, -0.2) is 19.7 Å². The van der Waals surface area contributed by atoms with E-state index in [0.29, 0.717) is 45.1 Å². The van der Waals surface area contributed by atoms with Crippen molar-refractivity contribution in [2.75, 3.05) is 0 Å². The summed E-state index contributed by atoms with van der Waals surface area (Å²) in [4.78, 5) is 21.7. The van der Waals surface area contributed by atoms with E-state index in [1.165, 1.54) is 11.8 Å². The van der Waals surface area contributed by atoms with E-state index in [4.69, 9.17) is 16.1 Å². The molecule has 0 amide bonds. The molecule has 0 saturated heterocycles. The molecular weight excluding hydrogens is 372 g/mol. The highest BCUT2D eigenvalue weighted by Gasteiger charge is 2.13. The van der Waals surface area contributed by atoms with Gasteiger partial charge in [0.25, 0.3) is 5.56 Å². The molecule has 3 rings (SSSR count). The smallest absolute Gasteiger partial charge is 0.262 e. The summed E-state index contributed by atoms with van der Waals surface area (Å²) in [6.07, 6.45) is 4.58. The first-order chi connectivity index (χ1) is 12.6. The summed E-state index contributed by atoms with van der Waals surface area (Å²) in [5.41, 5.74) is 0.447. The Hall–Kier alpha value is -2.12. The maximum absolute atomic E-state index is 12.8. The van der Waals surface area contributed by atoms with Crippen molar-refractivity contribution in [3.63, 3.8) is 0 Å². The molecule has 0 atom stereocenters. The normalized spacial score (nSPS) is 11.2. The number of nitrogens with zero attached hydrogens (tertiary/aromatic N) is 4. The molecule has 0 spiro atoms. The third-order valence-corrected chi connectivity index (χ3v) is 4.98. The first-order valence-electron chi connectivity index (χ1n) is 8.37. The quantitative estimate of drug-likeness (QED) is 0.325. The lowest BCUT2D eigenvalue weighted by Crippen LogP contribution is -2.22. The molecule has 0 unspecified atom stereocenters. The summed E-state index contributed by atoms with van der Waals surface area (Å²) in [6.45, 7) is 6.22. The van der Waals surface area contributed by atoms with E-state index in [9.17, 15) is 4.79 Å². The number of rotatable bonds is 8. The van der Waals surface area contributed by atoms with Gasteiger partial charge in [-0.1, -0.05) is 47.9 Å². The van der Waals surface area contributed by atoms with Crippen LogP contribution in [0.4, 0.5) is 0 Å². The fourth-order valence-electron chi connectivity index (χ4n) is 2.49. The number of unbranched alkanes of at least 4 members (excludes halogenated alkanes) is 1. The fraction of sp³-hybridized carbons (Fsp3) is 0.333. The average Bonchev–Trinajstić information content (AvgIpc) is 3.08. The third-order valence-electron chi connectivity index (χ3n) is 3.78. The van der Waals surface area contributed by atoms with Crippen molar-refractivity contribution >= 4 is 34.3 Å². The minimum absolute atomic E-state index is 0.122. The van der Waals surface area contributed by atoms with Crippen molar-refractivity contribution in [2.45, 2.75) is 43.6 Å². The maximum Gasteiger partial charge on any atom is 0.262 e. The fourth-order valence-corrected chi connectivity index (χ4v) is 3.50. The minimum Gasteiger partial charge on any atom is -0.338 e. The summed E-state index contributed by atoms with van der Waals surface area (Å²) in [6, 6.07) is 5.07. The molecule has 0 bridgehead atoms. The molecule has 26 heavy (non-hydrogen) atoms. The van der Waals surface area contributed by atoms with Gasteiger partial charge in [0.1, 0.15) is 0 Å². The summed E-state index contributed by atoms with van der Waals surface area (Å²) >= 11 is 7.41. The molecule has 0 fully saturated rings. The van der Waals surface area contributed by atoms with E-state index in [-0.39, 0.29) is 5.56 Å². The summed E-state index contributed by atoms with van der Waals surface area (Å²) < 4.78 is 6.87. The van der Waals surface area contributed by atoms with Gasteiger partial charge >= 0.3 is 0 Å². The van der Waals surface area contributed by atoms with Crippen LogP contribution in [0.3, 0.4) is 0 Å². The number of benzene rings is 1. The first kappa shape index (κ1) is 18.7. The number of fused-ring (bicyclic) bond motifs is 1. The second-order valence-corrected chi connectivity index (χ2v) is 7.14. The highest BCUT2D eigenvalue weighted by Crippen LogP contribution is 2.23. The number of thioether (sulfide) groups is 1. The van der Waals surface area contributed by atoms with Gasteiger partial charge in [0.05, 0.1) is 16.7 Å². The van der Waals surface area contributed by atoms with Crippen molar-refractivity contribution < 1.29 is 4.52 Å². The number of hydrogen-bond donors (Lipinski definition) is 0. The number of allylic oxidation sites excluding steroid dienone is 1. The predicted octanol–water partition coefficient (Wildman–Crippen LogP) is 4.25. The van der Waals surface area contributed by atoms with Crippen LogP contribution in [0, 0.1) is 0 Å². The Labute approximate surface area is 160 Å². The number of halogens is 1. The molecule has 0 aliphatic heterocycles. The summed E-state index contributed by atoms with van der Waals surface area (Å²) in [5.74, 6) is 1.67. The van der Waals surface area contributed by atoms with Gasteiger partial charge in [-0.3, -0.25) is 9.36 Å². The molecule has 0 aliphatic rings. The summed E-state index contributed by atoms with van der Waals surface area (Å²) in [7, 11) is 0. The Morgan fingerprint density at radius 3 is 3.00 bits per heavy atom. The van der Waals surface area contributed by atoms with Crippen LogP contribution in [0.2, 0.25) is 5.02 Å². The van der Waals surface area contributed by atoms with Gasteiger partial charge < -0.3 is 4.52 Å². The Balaban J connectivity index is 1.88. The zero-order chi connectivity index (χ0) is 18.5. The van der Waals surface area contributed by atoms with Gasteiger partial charge in [0.2, 0.25) is 5.89 Å². The molecule has 2 heterocycles. The Morgan fingerprint density at radius 2 is 2.23 bits per heavy atom. The zero-order valence-electron chi connectivity index (χ0n) is 14.4. The van der Waals surface area contributed by atoms with Gasteiger partial charge in [-0.05, 0) is 24.6 Å². The van der Waals surface area contributed by atoms with E-state index in [2.05, 4.69) is 28.6 Å². The molecule has 8 heteroatoms. The lowest BCUT2D eigenvalue weighted by molar-refractivity contribution is 0.384. The molecule has 0 saturated carbocycles. The molecule has 0 radical (unpaired) electrons. The highest BCUT2D eigenvalue weighted by atomic mass is 35.5. The molecule has 136 valence electrons. The number of hydrogen-bond acceptors (Lipinski definition) is 6. The van der Waals surface area contributed by atoms with Crippen LogP contribution < -0.4 is 5.56 Å².